The van der Waals surface area contributed by atoms with Gasteiger partial charge in [-0.2, -0.15) is 0 Å². The number of aromatic nitrogens is 1. The van der Waals surface area contributed by atoms with E-state index in [1.165, 1.54) is 22.5 Å². The zero-order valence-corrected chi connectivity index (χ0v) is 19.9. The number of rotatable bonds is 6. The van der Waals surface area contributed by atoms with Crippen LogP contribution in [0.3, 0.4) is 0 Å². The summed E-state index contributed by atoms with van der Waals surface area (Å²) >= 11 is 8.46. The van der Waals surface area contributed by atoms with Crippen LogP contribution in [-0.2, 0) is 24.1 Å². The van der Waals surface area contributed by atoms with E-state index < -0.39 is 12.1 Å². The van der Waals surface area contributed by atoms with Crippen molar-refractivity contribution < 1.29 is 14.3 Å². The van der Waals surface area contributed by atoms with Gasteiger partial charge in [0.15, 0.2) is 5.06 Å². The van der Waals surface area contributed by atoms with Crippen LogP contribution in [-0.4, -0.2) is 48.1 Å². The molecule has 10 heteroatoms. The normalized spacial score (nSPS) is 14.8. The van der Waals surface area contributed by atoms with E-state index in [9.17, 15) is 9.59 Å². The summed E-state index contributed by atoms with van der Waals surface area (Å²) in [5, 5.41) is 7.81. The lowest BCUT2D eigenvalue weighted by Gasteiger charge is -2.18. The number of carbonyl (C=O) groups excluding carboxylic acids is 2. The summed E-state index contributed by atoms with van der Waals surface area (Å²) in [6.45, 7) is 2.01. The highest BCUT2D eigenvalue weighted by molar-refractivity contribution is 7.17. The van der Waals surface area contributed by atoms with E-state index >= 15 is 0 Å². The number of hydrogen-bond donors (Lipinski definition) is 2. The molecule has 7 nitrogen and oxygen atoms in total. The van der Waals surface area contributed by atoms with Crippen molar-refractivity contribution >= 4 is 52.0 Å². The van der Waals surface area contributed by atoms with Gasteiger partial charge < -0.3 is 20.3 Å². The van der Waals surface area contributed by atoms with Gasteiger partial charge in [-0.15, -0.1) is 11.3 Å². The fourth-order valence-corrected chi connectivity index (χ4v) is 4.96. The Hall–Kier alpha value is -2.46. The molecule has 2 N–H and O–H groups in total. The maximum absolute atomic E-state index is 13.1. The number of thiophene rings is 1. The molecule has 0 radical (unpaired) electrons. The van der Waals surface area contributed by atoms with Crippen LogP contribution in [0, 0.1) is 0 Å². The predicted octanol–water partition coefficient (Wildman–Crippen LogP) is 4.23. The second-order valence-electron chi connectivity index (χ2n) is 7.60. The molecule has 0 fully saturated rings. The van der Waals surface area contributed by atoms with Gasteiger partial charge in [0.25, 0.3) is 0 Å². The highest BCUT2D eigenvalue weighted by Gasteiger charge is 2.24. The second kappa shape index (κ2) is 10.4. The van der Waals surface area contributed by atoms with E-state index in [1.807, 2.05) is 17.5 Å². The Bertz CT molecular complexity index is 1090. The Balaban J connectivity index is 1.45. The summed E-state index contributed by atoms with van der Waals surface area (Å²) in [5.74, 6) is -0.329. The number of likely N-dealkylation sites (N-methyl/N-ethyl adjacent to an activating group) is 1. The third kappa shape index (κ3) is 6.07. The van der Waals surface area contributed by atoms with E-state index in [-0.39, 0.29) is 12.3 Å². The lowest BCUT2D eigenvalue weighted by atomic mass is 10.0. The molecule has 1 unspecified atom stereocenters. The minimum absolute atomic E-state index is 0.255. The molecule has 0 aliphatic carbocycles. The fraction of sp³-hybridized carbons (Fsp3) is 0.318. The highest BCUT2D eigenvalue weighted by atomic mass is 35.5. The van der Waals surface area contributed by atoms with E-state index in [0.29, 0.717) is 15.1 Å². The topological polar surface area (TPSA) is 83.6 Å². The molecule has 0 spiro atoms. The van der Waals surface area contributed by atoms with Crippen molar-refractivity contribution in [2.75, 3.05) is 25.5 Å². The molecule has 168 valence electrons. The maximum atomic E-state index is 13.1. The lowest BCUT2D eigenvalue weighted by molar-refractivity contribution is -0.118. The minimum Gasteiger partial charge on any atom is -0.399 e. The van der Waals surface area contributed by atoms with Crippen LogP contribution in [0.15, 0.2) is 41.2 Å². The molecule has 4 rings (SSSR count). The van der Waals surface area contributed by atoms with Crippen molar-refractivity contribution in [1.82, 2.24) is 15.2 Å². The molecule has 1 aliphatic heterocycles. The molecule has 2 amide bonds. The summed E-state index contributed by atoms with van der Waals surface area (Å²) in [4.78, 5) is 32.0. The molecule has 32 heavy (non-hydrogen) atoms. The molecule has 0 bridgehead atoms. The van der Waals surface area contributed by atoms with E-state index in [4.69, 9.17) is 16.3 Å². The second-order valence-corrected chi connectivity index (χ2v) is 10.0. The van der Waals surface area contributed by atoms with Gasteiger partial charge in [0.1, 0.15) is 6.04 Å². The number of nitrogens with zero attached hydrogens (tertiary/aromatic N) is 2. The van der Waals surface area contributed by atoms with Crippen molar-refractivity contribution in [3.05, 3.63) is 62.4 Å². The van der Waals surface area contributed by atoms with Gasteiger partial charge in [-0.3, -0.25) is 4.79 Å². The summed E-state index contributed by atoms with van der Waals surface area (Å²) in [7, 11) is 2.12. The summed E-state index contributed by atoms with van der Waals surface area (Å²) < 4.78 is 5.78. The average Bonchev–Trinajstić information content (AvgIpc) is 3.38. The van der Waals surface area contributed by atoms with Crippen LogP contribution in [0.1, 0.15) is 16.8 Å². The molecule has 2 aromatic heterocycles. The molecule has 1 aliphatic rings. The van der Waals surface area contributed by atoms with Gasteiger partial charge in [0.05, 0.1) is 15.5 Å². The first-order chi connectivity index (χ1) is 15.5. The molecule has 0 saturated heterocycles. The van der Waals surface area contributed by atoms with E-state index in [1.54, 1.807) is 17.6 Å². The van der Waals surface area contributed by atoms with Gasteiger partial charge in [-0.25, -0.2) is 9.78 Å². The Labute approximate surface area is 199 Å². The van der Waals surface area contributed by atoms with Crippen molar-refractivity contribution in [2.45, 2.75) is 25.3 Å². The zero-order valence-electron chi connectivity index (χ0n) is 17.5. The average molecular weight is 491 g/mol. The molecule has 3 aromatic rings. The molecule has 1 aromatic carbocycles. The third-order valence-corrected chi connectivity index (χ3v) is 6.99. The van der Waals surface area contributed by atoms with Crippen LogP contribution in [0.2, 0.25) is 4.34 Å². The van der Waals surface area contributed by atoms with E-state index in [0.717, 1.165) is 43.0 Å². The SMILES string of the molecule is CN1CCc2ccc(NC(=O)C(Cc3cscn3)NC(=O)Oc3ccc(Cl)s3)cc2CC1. The quantitative estimate of drug-likeness (QED) is 0.540. The summed E-state index contributed by atoms with van der Waals surface area (Å²) in [5.41, 5.74) is 5.67. The molecular weight excluding hydrogens is 468 g/mol. The number of thiazole rings is 1. The first-order valence-corrected chi connectivity index (χ1v) is 12.3. The van der Waals surface area contributed by atoms with Gasteiger partial charge in [0, 0.05) is 30.6 Å². The number of halogens is 1. The monoisotopic (exact) mass is 490 g/mol. The summed E-state index contributed by atoms with van der Waals surface area (Å²) in [6, 6.07) is 8.41. The Morgan fingerprint density at radius 1 is 1.22 bits per heavy atom. The molecule has 1 atom stereocenters. The molecule has 0 saturated carbocycles. The third-order valence-electron chi connectivity index (χ3n) is 5.25. The zero-order chi connectivity index (χ0) is 22.5. The number of nitrogens with one attached hydrogen (secondary N) is 2. The number of carbonyl (C=O) groups is 2. The van der Waals surface area contributed by atoms with Crippen LogP contribution < -0.4 is 15.4 Å². The standard InChI is InChI=1S/C22H23ClN4O3S2/c1-27-8-6-14-2-3-16(10-15(14)7-9-27)25-21(28)18(11-17-12-31-13-24-17)26-22(29)30-20-5-4-19(23)32-20/h2-5,10,12-13,18H,6-9,11H2,1H3,(H,25,28)(H,26,29). The summed E-state index contributed by atoms with van der Waals surface area (Å²) in [6.07, 6.45) is 1.47. The maximum Gasteiger partial charge on any atom is 0.414 e. The van der Waals surface area contributed by atoms with E-state index in [2.05, 4.69) is 33.6 Å². The predicted molar refractivity (Wildman–Crippen MR) is 128 cm³/mol. The number of anilines is 1. The fourth-order valence-electron chi connectivity index (χ4n) is 3.52. The number of hydrogen-bond acceptors (Lipinski definition) is 7. The Morgan fingerprint density at radius 2 is 2.03 bits per heavy atom. The number of benzene rings is 1. The van der Waals surface area contributed by atoms with Crippen molar-refractivity contribution in [3.8, 4) is 5.06 Å². The molecular formula is C22H23ClN4O3S2. The highest BCUT2D eigenvalue weighted by Crippen LogP contribution is 2.28. The van der Waals surface area contributed by atoms with Crippen molar-refractivity contribution in [2.24, 2.45) is 0 Å². The van der Waals surface area contributed by atoms with Gasteiger partial charge in [-0.1, -0.05) is 29.0 Å². The number of fused-ring (bicyclic) bond motifs is 1. The van der Waals surface area contributed by atoms with Crippen molar-refractivity contribution in [3.63, 3.8) is 0 Å². The van der Waals surface area contributed by atoms with Crippen LogP contribution in [0.4, 0.5) is 10.5 Å². The largest absolute Gasteiger partial charge is 0.414 e. The van der Waals surface area contributed by atoms with Crippen LogP contribution in [0.5, 0.6) is 5.06 Å². The van der Waals surface area contributed by atoms with Crippen LogP contribution >= 0.6 is 34.3 Å². The Kier molecular flexibility index (Phi) is 7.41. The van der Waals surface area contributed by atoms with Crippen molar-refractivity contribution in [1.29, 1.82) is 0 Å². The smallest absolute Gasteiger partial charge is 0.399 e. The van der Waals surface area contributed by atoms with Gasteiger partial charge in [0.2, 0.25) is 5.91 Å². The van der Waals surface area contributed by atoms with Gasteiger partial charge in [-0.05, 0) is 55.3 Å². The number of amides is 2. The van der Waals surface area contributed by atoms with Gasteiger partial charge >= 0.3 is 6.09 Å². The van der Waals surface area contributed by atoms with Crippen LogP contribution in [0.25, 0.3) is 0 Å². The first-order valence-electron chi connectivity index (χ1n) is 10.2. The molecule has 3 heterocycles. The Morgan fingerprint density at radius 3 is 2.75 bits per heavy atom. The number of ether oxygens (including phenoxy) is 1. The minimum atomic E-state index is -0.843. The first kappa shape index (κ1) is 22.7. The lowest BCUT2D eigenvalue weighted by Crippen LogP contribution is -2.46.